The van der Waals surface area contributed by atoms with Gasteiger partial charge in [-0.15, -0.1) is 0 Å². The fourth-order valence-corrected chi connectivity index (χ4v) is 1.93. The summed E-state index contributed by atoms with van der Waals surface area (Å²) in [4.78, 5) is 12.1. The molecule has 0 amide bonds. The van der Waals surface area contributed by atoms with Gasteiger partial charge in [-0.1, -0.05) is 31.2 Å². The van der Waals surface area contributed by atoms with E-state index in [0.29, 0.717) is 5.56 Å². The van der Waals surface area contributed by atoms with Gasteiger partial charge < -0.3 is 0 Å². The second-order valence-electron chi connectivity index (χ2n) is 4.35. The van der Waals surface area contributed by atoms with Crippen LogP contribution in [0, 0.1) is 11.6 Å². The van der Waals surface area contributed by atoms with Crippen molar-refractivity contribution in [3.63, 3.8) is 0 Å². The molecule has 0 bridgehead atoms. The van der Waals surface area contributed by atoms with E-state index >= 15 is 0 Å². The number of benzene rings is 2. The van der Waals surface area contributed by atoms with Crippen molar-refractivity contribution in [1.82, 2.24) is 0 Å². The van der Waals surface area contributed by atoms with Crippen molar-refractivity contribution in [3.05, 3.63) is 70.8 Å². The number of aryl methyl sites for hydroxylation is 1. The molecule has 3 heteroatoms. The van der Waals surface area contributed by atoms with Crippen molar-refractivity contribution in [1.29, 1.82) is 0 Å². The molecule has 0 fully saturated rings. The standard InChI is InChI=1S/C16H14F2O/c1-2-11-5-3-6-12(9-11)16(19)10-13-14(17)7-4-8-15(13)18/h3-9H,2,10H2,1H3. The molecule has 19 heavy (non-hydrogen) atoms. The molecule has 0 saturated carbocycles. The molecule has 0 aliphatic heterocycles. The van der Waals surface area contributed by atoms with Crippen LogP contribution in [0.15, 0.2) is 42.5 Å². The summed E-state index contributed by atoms with van der Waals surface area (Å²) in [6, 6.07) is 10.7. The maximum atomic E-state index is 13.5. The zero-order chi connectivity index (χ0) is 13.8. The average Bonchev–Trinajstić information content (AvgIpc) is 2.43. The predicted octanol–water partition coefficient (Wildman–Crippen LogP) is 3.95. The third-order valence-corrected chi connectivity index (χ3v) is 3.06. The molecule has 2 rings (SSSR count). The maximum Gasteiger partial charge on any atom is 0.167 e. The Morgan fingerprint density at radius 2 is 1.68 bits per heavy atom. The van der Waals surface area contributed by atoms with Gasteiger partial charge in [-0.2, -0.15) is 0 Å². The number of hydrogen-bond donors (Lipinski definition) is 0. The molecular weight excluding hydrogens is 246 g/mol. The van der Waals surface area contributed by atoms with Crippen LogP contribution in [0.25, 0.3) is 0 Å². The fraction of sp³-hybridized carbons (Fsp3) is 0.188. The monoisotopic (exact) mass is 260 g/mol. The zero-order valence-corrected chi connectivity index (χ0v) is 10.6. The van der Waals surface area contributed by atoms with Gasteiger partial charge in [0.1, 0.15) is 11.6 Å². The number of Topliss-reactive ketones (excluding diaryl/α,β-unsaturated/α-hetero) is 1. The number of carbonyl (C=O) groups excluding carboxylic acids is 1. The number of hydrogen-bond acceptors (Lipinski definition) is 1. The van der Waals surface area contributed by atoms with Crippen LogP contribution in [0.5, 0.6) is 0 Å². The van der Waals surface area contributed by atoms with Crippen LogP contribution in [-0.2, 0) is 12.8 Å². The number of carbonyl (C=O) groups is 1. The lowest BCUT2D eigenvalue weighted by molar-refractivity contribution is 0.0990. The Bertz CT molecular complexity index is 585. The Labute approximate surface area is 110 Å². The minimum absolute atomic E-state index is 0.172. The summed E-state index contributed by atoms with van der Waals surface area (Å²) in [5.41, 5.74) is 1.34. The Balaban J connectivity index is 2.25. The van der Waals surface area contributed by atoms with Gasteiger partial charge >= 0.3 is 0 Å². The third-order valence-electron chi connectivity index (χ3n) is 3.06. The van der Waals surface area contributed by atoms with Crippen molar-refractivity contribution < 1.29 is 13.6 Å². The van der Waals surface area contributed by atoms with Crippen LogP contribution in [0.3, 0.4) is 0 Å². The summed E-state index contributed by atoms with van der Waals surface area (Å²) in [5, 5.41) is 0. The molecule has 0 unspecified atom stereocenters. The molecule has 0 aliphatic rings. The highest BCUT2D eigenvalue weighted by Crippen LogP contribution is 2.16. The lowest BCUT2D eigenvalue weighted by Gasteiger charge is -2.05. The van der Waals surface area contributed by atoms with Gasteiger partial charge in [-0.3, -0.25) is 4.79 Å². The predicted molar refractivity (Wildman–Crippen MR) is 70.2 cm³/mol. The molecule has 98 valence electrons. The van der Waals surface area contributed by atoms with Gasteiger partial charge in [0, 0.05) is 17.5 Å². The molecule has 1 nitrogen and oxygen atoms in total. The summed E-state index contributed by atoms with van der Waals surface area (Å²) < 4.78 is 27.0. The first kappa shape index (κ1) is 13.4. The Kier molecular flexibility index (Phi) is 4.05. The molecule has 0 spiro atoms. The lowest BCUT2D eigenvalue weighted by Crippen LogP contribution is -2.07. The van der Waals surface area contributed by atoms with Crippen molar-refractivity contribution in [2.24, 2.45) is 0 Å². The average molecular weight is 260 g/mol. The first-order valence-electron chi connectivity index (χ1n) is 6.17. The summed E-state index contributed by atoms with van der Waals surface area (Å²) in [7, 11) is 0. The zero-order valence-electron chi connectivity index (χ0n) is 10.6. The summed E-state index contributed by atoms with van der Waals surface area (Å²) in [5.74, 6) is -1.64. The molecule has 0 aliphatic carbocycles. The van der Waals surface area contributed by atoms with Gasteiger partial charge in [-0.05, 0) is 30.2 Å². The fourth-order valence-electron chi connectivity index (χ4n) is 1.93. The SMILES string of the molecule is CCc1cccc(C(=O)Cc2c(F)cccc2F)c1. The highest BCUT2D eigenvalue weighted by Gasteiger charge is 2.14. The van der Waals surface area contributed by atoms with E-state index in [2.05, 4.69) is 0 Å². The molecule has 2 aromatic rings. The largest absolute Gasteiger partial charge is 0.294 e. The maximum absolute atomic E-state index is 13.5. The number of ketones is 1. The van der Waals surface area contributed by atoms with Crippen molar-refractivity contribution in [3.8, 4) is 0 Å². The van der Waals surface area contributed by atoms with E-state index in [4.69, 9.17) is 0 Å². The van der Waals surface area contributed by atoms with Gasteiger partial charge in [0.05, 0.1) is 0 Å². The summed E-state index contributed by atoms with van der Waals surface area (Å²) in [6.45, 7) is 1.99. The first-order chi connectivity index (χ1) is 9.11. The normalized spacial score (nSPS) is 10.5. The van der Waals surface area contributed by atoms with E-state index < -0.39 is 11.6 Å². The molecule has 0 radical (unpaired) electrons. The Hall–Kier alpha value is -2.03. The smallest absolute Gasteiger partial charge is 0.167 e. The van der Waals surface area contributed by atoms with Crippen LogP contribution in [0.4, 0.5) is 8.78 Å². The van der Waals surface area contributed by atoms with Gasteiger partial charge in [0.15, 0.2) is 5.78 Å². The number of rotatable bonds is 4. The van der Waals surface area contributed by atoms with Crippen molar-refractivity contribution in [2.75, 3.05) is 0 Å². The second kappa shape index (κ2) is 5.74. The molecular formula is C16H14F2O. The molecule has 0 aromatic heterocycles. The van der Waals surface area contributed by atoms with Gasteiger partial charge in [0.25, 0.3) is 0 Å². The van der Waals surface area contributed by atoms with Crippen LogP contribution in [0.2, 0.25) is 0 Å². The highest BCUT2D eigenvalue weighted by molar-refractivity contribution is 5.97. The third kappa shape index (κ3) is 3.05. The molecule has 0 saturated heterocycles. The van der Waals surface area contributed by atoms with Crippen LogP contribution >= 0.6 is 0 Å². The molecule has 0 atom stereocenters. The van der Waals surface area contributed by atoms with Crippen LogP contribution in [-0.4, -0.2) is 5.78 Å². The minimum Gasteiger partial charge on any atom is -0.294 e. The van der Waals surface area contributed by atoms with Crippen molar-refractivity contribution in [2.45, 2.75) is 19.8 Å². The van der Waals surface area contributed by atoms with E-state index in [1.54, 1.807) is 18.2 Å². The van der Waals surface area contributed by atoms with E-state index in [1.807, 2.05) is 13.0 Å². The second-order valence-corrected chi connectivity index (χ2v) is 4.35. The van der Waals surface area contributed by atoms with Crippen LogP contribution < -0.4 is 0 Å². The topological polar surface area (TPSA) is 17.1 Å². The quantitative estimate of drug-likeness (QED) is 0.761. The lowest BCUT2D eigenvalue weighted by atomic mass is 10.00. The summed E-state index contributed by atoms with van der Waals surface area (Å²) >= 11 is 0. The van der Waals surface area contributed by atoms with E-state index in [1.165, 1.54) is 6.07 Å². The van der Waals surface area contributed by atoms with E-state index in [-0.39, 0.29) is 17.8 Å². The Morgan fingerprint density at radius 1 is 1.05 bits per heavy atom. The van der Waals surface area contributed by atoms with E-state index in [0.717, 1.165) is 24.1 Å². The number of halogens is 2. The van der Waals surface area contributed by atoms with E-state index in [9.17, 15) is 13.6 Å². The Morgan fingerprint density at radius 3 is 2.32 bits per heavy atom. The summed E-state index contributed by atoms with van der Waals surface area (Å²) in [6.07, 6.45) is 0.556. The van der Waals surface area contributed by atoms with Crippen LogP contribution in [0.1, 0.15) is 28.4 Å². The minimum atomic E-state index is -0.681. The highest BCUT2D eigenvalue weighted by atomic mass is 19.1. The molecule has 2 aromatic carbocycles. The van der Waals surface area contributed by atoms with Gasteiger partial charge in [0.2, 0.25) is 0 Å². The van der Waals surface area contributed by atoms with Crippen molar-refractivity contribution >= 4 is 5.78 Å². The first-order valence-corrected chi connectivity index (χ1v) is 6.17. The molecule has 0 N–H and O–H groups in total. The molecule has 0 heterocycles. The van der Waals surface area contributed by atoms with Gasteiger partial charge in [-0.25, -0.2) is 8.78 Å².